The number of carbonyl (C=O) groups is 1. The van der Waals surface area contributed by atoms with Crippen LogP contribution in [0.1, 0.15) is 23.6 Å². The Morgan fingerprint density at radius 2 is 1.92 bits per heavy atom. The summed E-state index contributed by atoms with van der Waals surface area (Å²) in [6, 6.07) is 13.3. The van der Waals surface area contributed by atoms with Crippen LogP contribution in [0.25, 0.3) is 0 Å². The molecule has 0 aromatic heterocycles. The minimum atomic E-state index is -0.245. The number of nitrogens with zero attached hydrogens (tertiary/aromatic N) is 1. The molecule has 0 radical (unpaired) electrons. The second-order valence-corrected chi connectivity index (χ2v) is 5.38. The molecule has 1 amide bonds. The summed E-state index contributed by atoms with van der Waals surface area (Å²) in [4.78, 5) is 16.9. The summed E-state index contributed by atoms with van der Waals surface area (Å²) in [6.45, 7) is 6.39. The minimum Gasteiger partial charge on any atom is -0.494 e. The zero-order chi connectivity index (χ0) is 17.4. The lowest BCUT2D eigenvalue weighted by molar-refractivity contribution is -0.120. The predicted molar refractivity (Wildman–Crippen MR) is 95.7 cm³/mol. The van der Waals surface area contributed by atoms with Gasteiger partial charge in [0.2, 0.25) is 0 Å². The second kappa shape index (κ2) is 8.72. The number of ether oxygens (including phenoxy) is 1. The van der Waals surface area contributed by atoms with Crippen molar-refractivity contribution in [3.63, 3.8) is 0 Å². The van der Waals surface area contributed by atoms with Gasteiger partial charge in [0.25, 0.3) is 5.91 Å². The fourth-order valence-electron chi connectivity index (χ4n) is 2.15. The third kappa shape index (κ3) is 5.43. The summed E-state index contributed by atoms with van der Waals surface area (Å²) in [7, 11) is 0. The van der Waals surface area contributed by atoms with Crippen molar-refractivity contribution in [3.05, 3.63) is 59.2 Å². The molecule has 0 spiro atoms. The predicted octanol–water partition coefficient (Wildman–Crippen LogP) is 3.69. The molecule has 0 saturated heterocycles. The maximum atomic E-state index is 11.9. The SMILES string of the molecule is CCOc1ccc(/C=N\OCC(=O)Nc2ccc(C)cc2C)cc1. The molecule has 0 aliphatic heterocycles. The molecule has 0 bridgehead atoms. The first-order valence-corrected chi connectivity index (χ1v) is 7.84. The molecule has 2 aromatic rings. The van der Waals surface area contributed by atoms with Crippen LogP contribution in [-0.4, -0.2) is 25.3 Å². The Kier molecular flexibility index (Phi) is 6.37. The first-order chi connectivity index (χ1) is 11.6. The van der Waals surface area contributed by atoms with Gasteiger partial charge in [-0.1, -0.05) is 22.9 Å². The van der Waals surface area contributed by atoms with Gasteiger partial charge >= 0.3 is 0 Å². The van der Waals surface area contributed by atoms with E-state index in [2.05, 4.69) is 10.5 Å². The Labute approximate surface area is 142 Å². The molecule has 1 N–H and O–H groups in total. The van der Waals surface area contributed by atoms with Gasteiger partial charge in [0.15, 0.2) is 6.61 Å². The fraction of sp³-hybridized carbons (Fsp3) is 0.263. The van der Waals surface area contributed by atoms with Gasteiger partial charge in [0.05, 0.1) is 12.8 Å². The molecule has 2 aromatic carbocycles. The van der Waals surface area contributed by atoms with Crippen molar-refractivity contribution in [3.8, 4) is 5.75 Å². The normalized spacial score (nSPS) is 10.6. The minimum absolute atomic E-state index is 0.138. The van der Waals surface area contributed by atoms with E-state index in [0.29, 0.717) is 6.61 Å². The van der Waals surface area contributed by atoms with Gasteiger partial charge < -0.3 is 14.9 Å². The summed E-state index contributed by atoms with van der Waals surface area (Å²) < 4.78 is 5.36. The lowest BCUT2D eigenvalue weighted by Gasteiger charge is -2.08. The number of anilines is 1. The molecule has 0 aliphatic rings. The molecule has 0 heterocycles. The summed E-state index contributed by atoms with van der Waals surface area (Å²) >= 11 is 0. The molecule has 0 aliphatic carbocycles. The first kappa shape index (κ1) is 17.5. The van der Waals surface area contributed by atoms with E-state index in [1.54, 1.807) is 6.21 Å². The highest BCUT2D eigenvalue weighted by Crippen LogP contribution is 2.15. The van der Waals surface area contributed by atoms with E-state index < -0.39 is 0 Å². The third-order valence-electron chi connectivity index (χ3n) is 3.32. The monoisotopic (exact) mass is 326 g/mol. The Hall–Kier alpha value is -2.82. The average molecular weight is 326 g/mol. The number of benzene rings is 2. The van der Waals surface area contributed by atoms with Crippen molar-refractivity contribution in [2.24, 2.45) is 5.16 Å². The van der Waals surface area contributed by atoms with Gasteiger partial charge in [-0.2, -0.15) is 0 Å². The molecule has 5 heteroatoms. The number of nitrogens with one attached hydrogen (secondary N) is 1. The van der Waals surface area contributed by atoms with Gasteiger partial charge in [0.1, 0.15) is 5.75 Å². The number of aryl methyl sites for hydroxylation is 2. The van der Waals surface area contributed by atoms with Crippen molar-refractivity contribution in [2.45, 2.75) is 20.8 Å². The van der Waals surface area contributed by atoms with Crippen LogP contribution < -0.4 is 10.1 Å². The summed E-state index contributed by atoms with van der Waals surface area (Å²) in [5, 5.41) is 6.61. The molecular weight excluding hydrogens is 304 g/mol. The smallest absolute Gasteiger partial charge is 0.265 e. The summed E-state index contributed by atoms with van der Waals surface area (Å²) in [5.74, 6) is 0.564. The summed E-state index contributed by atoms with van der Waals surface area (Å²) in [6.07, 6.45) is 1.56. The van der Waals surface area contributed by atoms with Crippen LogP contribution in [-0.2, 0) is 9.63 Å². The van der Waals surface area contributed by atoms with E-state index in [-0.39, 0.29) is 12.5 Å². The van der Waals surface area contributed by atoms with Gasteiger partial charge in [-0.25, -0.2) is 0 Å². The van der Waals surface area contributed by atoms with E-state index in [1.165, 1.54) is 0 Å². The molecule has 0 atom stereocenters. The summed E-state index contributed by atoms with van der Waals surface area (Å²) in [5.41, 5.74) is 3.82. The van der Waals surface area contributed by atoms with Crippen LogP contribution in [0.4, 0.5) is 5.69 Å². The quantitative estimate of drug-likeness (QED) is 0.623. The largest absolute Gasteiger partial charge is 0.494 e. The standard InChI is InChI=1S/C19H22N2O3/c1-4-23-17-8-6-16(7-9-17)12-20-24-13-19(22)21-18-10-5-14(2)11-15(18)3/h5-12H,4,13H2,1-3H3,(H,21,22)/b20-12-. The zero-order valence-corrected chi connectivity index (χ0v) is 14.2. The second-order valence-electron chi connectivity index (χ2n) is 5.38. The topological polar surface area (TPSA) is 59.9 Å². The fourth-order valence-corrected chi connectivity index (χ4v) is 2.15. The van der Waals surface area contributed by atoms with Gasteiger partial charge in [-0.15, -0.1) is 0 Å². The van der Waals surface area contributed by atoms with Crippen LogP contribution in [0, 0.1) is 13.8 Å². The third-order valence-corrected chi connectivity index (χ3v) is 3.32. The zero-order valence-electron chi connectivity index (χ0n) is 14.2. The number of rotatable bonds is 7. The van der Waals surface area contributed by atoms with Crippen molar-refractivity contribution >= 4 is 17.8 Å². The number of amides is 1. The van der Waals surface area contributed by atoms with E-state index >= 15 is 0 Å². The molecule has 24 heavy (non-hydrogen) atoms. The molecular formula is C19H22N2O3. The Balaban J connectivity index is 1.79. The number of oxime groups is 1. The highest BCUT2D eigenvalue weighted by Gasteiger charge is 2.05. The van der Waals surface area contributed by atoms with Crippen molar-refractivity contribution in [1.29, 1.82) is 0 Å². The number of hydrogen-bond acceptors (Lipinski definition) is 4. The van der Waals surface area contributed by atoms with Crippen LogP contribution in [0.5, 0.6) is 5.75 Å². The lowest BCUT2D eigenvalue weighted by atomic mass is 10.1. The van der Waals surface area contributed by atoms with Gasteiger partial charge in [0, 0.05) is 5.69 Å². The Morgan fingerprint density at radius 3 is 2.58 bits per heavy atom. The first-order valence-electron chi connectivity index (χ1n) is 7.84. The number of carbonyl (C=O) groups excluding carboxylic acids is 1. The van der Waals surface area contributed by atoms with Crippen molar-refractivity contribution < 1.29 is 14.4 Å². The maximum Gasteiger partial charge on any atom is 0.265 e. The molecule has 2 rings (SSSR count). The van der Waals surface area contributed by atoms with Crippen LogP contribution in [0.15, 0.2) is 47.6 Å². The Bertz CT molecular complexity index is 709. The van der Waals surface area contributed by atoms with Crippen LogP contribution >= 0.6 is 0 Å². The van der Waals surface area contributed by atoms with Crippen LogP contribution in [0.2, 0.25) is 0 Å². The lowest BCUT2D eigenvalue weighted by Crippen LogP contribution is -2.17. The van der Waals surface area contributed by atoms with E-state index in [0.717, 1.165) is 28.1 Å². The molecule has 0 unspecified atom stereocenters. The highest BCUT2D eigenvalue weighted by molar-refractivity contribution is 5.92. The molecule has 5 nitrogen and oxygen atoms in total. The average Bonchev–Trinajstić information content (AvgIpc) is 2.56. The van der Waals surface area contributed by atoms with Crippen molar-refractivity contribution in [2.75, 3.05) is 18.5 Å². The van der Waals surface area contributed by atoms with E-state index in [1.807, 2.05) is 63.2 Å². The molecule has 0 saturated carbocycles. The van der Waals surface area contributed by atoms with Crippen LogP contribution in [0.3, 0.4) is 0 Å². The molecule has 126 valence electrons. The Morgan fingerprint density at radius 1 is 1.17 bits per heavy atom. The number of hydrogen-bond donors (Lipinski definition) is 1. The maximum absolute atomic E-state index is 11.9. The highest BCUT2D eigenvalue weighted by atomic mass is 16.6. The van der Waals surface area contributed by atoms with Gasteiger partial charge in [-0.05, 0) is 62.2 Å². The molecule has 0 fully saturated rings. The van der Waals surface area contributed by atoms with Gasteiger partial charge in [-0.3, -0.25) is 4.79 Å². The van der Waals surface area contributed by atoms with E-state index in [9.17, 15) is 4.79 Å². The van der Waals surface area contributed by atoms with E-state index in [4.69, 9.17) is 9.57 Å². The van der Waals surface area contributed by atoms with Crippen molar-refractivity contribution in [1.82, 2.24) is 0 Å².